The number of rotatable bonds is 5. The zero-order valence-electron chi connectivity index (χ0n) is 10.4. The Hall–Kier alpha value is -1.45. The number of nitrogens with two attached hydrogens (primary N) is 1. The second-order valence-electron chi connectivity index (χ2n) is 4.16. The van der Waals surface area contributed by atoms with E-state index in [4.69, 9.17) is 15.2 Å². The number of para-hydroxylation sites is 1. The van der Waals surface area contributed by atoms with Gasteiger partial charge in [0.05, 0.1) is 13.1 Å². The Bertz CT molecular complexity index is 592. The van der Waals surface area contributed by atoms with Gasteiger partial charge in [-0.1, -0.05) is 6.07 Å². The van der Waals surface area contributed by atoms with E-state index in [0.29, 0.717) is 6.61 Å². The molecule has 3 N–H and O–H groups in total. The Kier molecular flexibility index (Phi) is 4.11. The summed E-state index contributed by atoms with van der Waals surface area (Å²) in [4.78, 5) is -0.234. The van der Waals surface area contributed by atoms with Crippen LogP contribution in [0.2, 0.25) is 0 Å². The van der Waals surface area contributed by atoms with Crippen molar-refractivity contribution in [2.24, 2.45) is 5.73 Å². The third-order valence-corrected chi connectivity index (χ3v) is 4.06. The molecule has 1 aliphatic heterocycles. The van der Waals surface area contributed by atoms with Gasteiger partial charge in [0, 0.05) is 0 Å². The van der Waals surface area contributed by atoms with Crippen molar-refractivity contribution in [1.82, 2.24) is 4.72 Å². The standard InChI is InChI=1S/C11H14F2N2O4S/c12-11(13,6-14)7-15-20(16,17)9-3-1-2-8-10(9)19-5-4-18-8/h1-3,15H,4-7,14H2. The molecule has 0 spiro atoms. The molecule has 2 rings (SSSR count). The average molecular weight is 308 g/mol. The second kappa shape index (κ2) is 5.51. The van der Waals surface area contributed by atoms with E-state index in [9.17, 15) is 17.2 Å². The molecule has 112 valence electrons. The van der Waals surface area contributed by atoms with Crippen molar-refractivity contribution in [2.75, 3.05) is 26.3 Å². The second-order valence-corrected chi connectivity index (χ2v) is 5.90. The highest BCUT2D eigenvalue weighted by molar-refractivity contribution is 7.89. The Morgan fingerprint density at radius 1 is 1.30 bits per heavy atom. The van der Waals surface area contributed by atoms with Crippen LogP contribution in [0.5, 0.6) is 11.5 Å². The van der Waals surface area contributed by atoms with Gasteiger partial charge in [-0.15, -0.1) is 0 Å². The van der Waals surface area contributed by atoms with Crippen LogP contribution in [0.25, 0.3) is 0 Å². The van der Waals surface area contributed by atoms with Gasteiger partial charge in [-0.05, 0) is 12.1 Å². The quantitative estimate of drug-likeness (QED) is 0.818. The summed E-state index contributed by atoms with van der Waals surface area (Å²) < 4.78 is 62.5. The predicted molar refractivity (Wildman–Crippen MR) is 66.6 cm³/mol. The minimum Gasteiger partial charge on any atom is -0.486 e. The number of alkyl halides is 2. The van der Waals surface area contributed by atoms with Gasteiger partial charge in [-0.25, -0.2) is 21.9 Å². The predicted octanol–water partition coefficient (Wildman–Crippen LogP) is 0.330. The number of halogens is 2. The van der Waals surface area contributed by atoms with Crippen molar-refractivity contribution in [3.05, 3.63) is 18.2 Å². The molecule has 1 aromatic carbocycles. The summed E-state index contributed by atoms with van der Waals surface area (Å²) in [5, 5.41) is 0. The van der Waals surface area contributed by atoms with Gasteiger partial charge >= 0.3 is 0 Å². The maximum atomic E-state index is 13.0. The highest BCUT2D eigenvalue weighted by Crippen LogP contribution is 2.36. The number of hydrogen-bond donors (Lipinski definition) is 2. The fraction of sp³-hybridized carbons (Fsp3) is 0.455. The smallest absolute Gasteiger partial charge is 0.273 e. The van der Waals surface area contributed by atoms with E-state index in [1.807, 2.05) is 4.72 Å². The van der Waals surface area contributed by atoms with E-state index in [2.05, 4.69) is 0 Å². The highest BCUT2D eigenvalue weighted by atomic mass is 32.2. The molecule has 0 aliphatic carbocycles. The molecule has 0 amide bonds. The summed E-state index contributed by atoms with van der Waals surface area (Å²) in [6.45, 7) is -1.52. The number of hydrogen-bond acceptors (Lipinski definition) is 5. The lowest BCUT2D eigenvalue weighted by molar-refractivity contribution is 0.0170. The van der Waals surface area contributed by atoms with Crippen LogP contribution in [-0.4, -0.2) is 40.6 Å². The lowest BCUT2D eigenvalue weighted by Crippen LogP contribution is -2.41. The first-order chi connectivity index (χ1) is 9.36. The van der Waals surface area contributed by atoms with Crippen LogP contribution >= 0.6 is 0 Å². The van der Waals surface area contributed by atoms with Crippen LogP contribution in [0.3, 0.4) is 0 Å². The third-order valence-electron chi connectivity index (χ3n) is 2.64. The first-order valence-corrected chi connectivity index (χ1v) is 7.30. The molecule has 0 saturated carbocycles. The Labute approximate surface area is 114 Å². The zero-order valence-corrected chi connectivity index (χ0v) is 11.3. The van der Waals surface area contributed by atoms with Gasteiger partial charge in [0.2, 0.25) is 10.0 Å². The van der Waals surface area contributed by atoms with Crippen molar-refractivity contribution in [2.45, 2.75) is 10.8 Å². The maximum Gasteiger partial charge on any atom is 0.273 e. The van der Waals surface area contributed by atoms with E-state index in [1.165, 1.54) is 12.1 Å². The maximum absolute atomic E-state index is 13.0. The summed E-state index contributed by atoms with van der Waals surface area (Å²) in [7, 11) is -4.14. The average Bonchev–Trinajstić information content (AvgIpc) is 2.45. The highest BCUT2D eigenvalue weighted by Gasteiger charge is 2.31. The minimum absolute atomic E-state index is 0.0299. The van der Waals surface area contributed by atoms with Crippen molar-refractivity contribution in [1.29, 1.82) is 0 Å². The number of sulfonamides is 1. The molecule has 1 aliphatic rings. The van der Waals surface area contributed by atoms with Crippen LogP contribution in [0.1, 0.15) is 0 Å². The lowest BCUT2D eigenvalue weighted by atomic mass is 10.3. The lowest BCUT2D eigenvalue weighted by Gasteiger charge is -2.21. The molecule has 6 nitrogen and oxygen atoms in total. The fourth-order valence-electron chi connectivity index (χ4n) is 1.61. The number of nitrogens with one attached hydrogen (secondary N) is 1. The van der Waals surface area contributed by atoms with Crippen molar-refractivity contribution >= 4 is 10.0 Å². The molecule has 0 aromatic heterocycles. The van der Waals surface area contributed by atoms with Crippen LogP contribution in [0.4, 0.5) is 8.78 Å². The fourth-order valence-corrected chi connectivity index (χ4v) is 2.83. The molecular formula is C11H14F2N2O4S. The van der Waals surface area contributed by atoms with Crippen molar-refractivity contribution in [3.8, 4) is 11.5 Å². The largest absolute Gasteiger partial charge is 0.486 e. The Morgan fingerprint density at radius 2 is 2.00 bits per heavy atom. The normalized spacial score (nSPS) is 15.2. The van der Waals surface area contributed by atoms with Gasteiger partial charge in [0.15, 0.2) is 11.5 Å². The van der Waals surface area contributed by atoms with E-state index >= 15 is 0 Å². The SMILES string of the molecule is NCC(F)(F)CNS(=O)(=O)c1cccc2c1OCCO2. The molecule has 0 fully saturated rings. The van der Waals surface area contributed by atoms with E-state index in [0.717, 1.165) is 0 Å². The molecule has 0 bridgehead atoms. The first-order valence-electron chi connectivity index (χ1n) is 5.82. The molecule has 0 atom stereocenters. The third kappa shape index (κ3) is 3.17. The van der Waals surface area contributed by atoms with E-state index in [1.54, 1.807) is 6.07 Å². The summed E-state index contributed by atoms with van der Waals surface area (Å²) in [6, 6.07) is 4.25. The molecule has 1 heterocycles. The van der Waals surface area contributed by atoms with E-state index in [-0.39, 0.29) is 23.0 Å². The van der Waals surface area contributed by atoms with E-state index < -0.39 is 29.0 Å². The molecule has 0 saturated heterocycles. The molecule has 9 heteroatoms. The summed E-state index contributed by atoms with van der Waals surface area (Å²) in [5.41, 5.74) is 4.86. The molecular weight excluding hydrogens is 294 g/mol. The van der Waals surface area contributed by atoms with Crippen LogP contribution in [-0.2, 0) is 10.0 Å². The number of benzene rings is 1. The number of ether oxygens (including phenoxy) is 2. The van der Waals surface area contributed by atoms with Gasteiger partial charge in [-0.2, -0.15) is 0 Å². The van der Waals surface area contributed by atoms with Gasteiger partial charge < -0.3 is 15.2 Å². The van der Waals surface area contributed by atoms with Crippen molar-refractivity contribution in [3.63, 3.8) is 0 Å². The Morgan fingerprint density at radius 3 is 2.70 bits per heavy atom. The minimum atomic E-state index is -4.14. The zero-order chi connectivity index (χ0) is 14.8. The van der Waals surface area contributed by atoms with Crippen molar-refractivity contribution < 1.29 is 26.7 Å². The first kappa shape index (κ1) is 14.9. The molecule has 20 heavy (non-hydrogen) atoms. The summed E-state index contributed by atoms with van der Waals surface area (Å²) in [5.74, 6) is -3.01. The summed E-state index contributed by atoms with van der Waals surface area (Å²) in [6.07, 6.45) is 0. The Balaban J connectivity index is 2.26. The van der Waals surface area contributed by atoms with Crippen LogP contribution in [0, 0.1) is 0 Å². The van der Waals surface area contributed by atoms with Crippen LogP contribution in [0.15, 0.2) is 23.1 Å². The monoisotopic (exact) mass is 308 g/mol. The number of fused-ring (bicyclic) bond motifs is 1. The van der Waals surface area contributed by atoms with Gasteiger partial charge in [0.1, 0.15) is 18.1 Å². The van der Waals surface area contributed by atoms with Gasteiger partial charge in [-0.3, -0.25) is 0 Å². The van der Waals surface area contributed by atoms with Gasteiger partial charge in [0.25, 0.3) is 5.92 Å². The molecule has 0 radical (unpaired) electrons. The van der Waals surface area contributed by atoms with Crippen LogP contribution < -0.4 is 19.9 Å². The molecule has 1 aromatic rings. The summed E-state index contributed by atoms with van der Waals surface area (Å²) >= 11 is 0. The topological polar surface area (TPSA) is 90.7 Å². The molecule has 0 unspecified atom stereocenters.